The van der Waals surface area contributed by atoms with Gasteiger partial charge >= 0.3 is 6.09 Å². The average Bonchev–Trinajstić information content (AvgIpc) is 3.48. The highest BCUT2D eigenvalue weighted by Crippen LogP contribution is 2.33. The number of carbonyl (C=O) groups is 1. The minimum absolute atomic E-state index is 0.157. The second-order valence-corrected chi connectivity index (χ2v) is 12.5. The van der Waals surface area contributed by atoms with Crippen LogP contribution in [-0.2, 0) is 11.3 Å². The van der Waals surface area contributed by atoms with Crippen molar-refractivity contribution in [1.29, 1.82) is 0 Å². The maximum absolute atomic E-state index is 12.0. The quantitative estimate of drug-likeness (QED) is 0.292. The lowest BCUT2D eigenvalue weighted by atomic mass is 9.88. The smallest absolute Gasteiger partial charge is 0.414 e. The molecule has 5 rings (SSSR count). The zero-order valence-corrected chi connectivity index (χ0v) is 23.4. The first-order valence-corrected chi connectivity index (χ1v) is 14.3. The number of rotatable bonds is 8. The number of nitrogens with one attached hydrogen (secondary N) is 3. The molecule has 0 spiro atoms. The van der Waals surface area contributed by atoms with Gasteiger partial charge in [0.2, 0.25) is 0 Å². The van der Waals surface area contributed by atoms with Crippen molar-refractivity contribution in [3.63, 3.8) is 0 Å². The number of aliphatic hydroxyl groups is 1. The molecule has 0 bridgehead atoms. The summed E-state index contributed by atoms with van der Waals surface area (Å²) in [7, 11) is 0. The normalized spacial score (nSPS) is 21.0. The first-order valence-electron chi connectivity index (χ1n) is 13.4. The Kier molecular flexibility index (Phi) is 7.74. The Morgan fingerprint density at radius 3 is 2.61 bits per heavy atom. The number of amides is 1. The Morgan fingerprint density at radius 1 is 1.13 bits per heavy atom. The number of benzene rings is 1. The number of carbonyl (C=O) groups excluding carboxylic acids is 1. The van der Waals surface area contributed by atoms with Gasteiger partial charge in [-0.1, -0.05) is 32.1 Å². The van der Waals surface area contributed by atoms with Gasteiger partial charge in [0, 0.05) is 24.3 Å². The van der Waals surface area contributed by atoms with Crippen molar-refractivity contribution in [2.45, 2.75) is 78.1 Å². The number of ether oxygens (including phenoxy) is 1. The molecule has 3 heterocycles. The van der Waals surface area contributed by atoms with Gasteiger partial charge in [0.25, 0.3) is 0 Å². The third-order valence-electron chi connectivity index (χ3n) is 7.52. The molecule has 1 amide bonds. The SMILES string of the molecule is CC(NCc1cc(Nc2nc3ccc(N4CCOC4=O)cc3s2)nc(NC2CCC(O)CC2)c1)C(C)(C)C. The second kappa shape index (κ2) is 11.0. The molecule has 1 aliphatic carbocycles. The van der Waals surface area contributed by atoms with Gasteiger partial charge in [-0.2, -0.15) is 0 Å². The van der Waals surface area contributed by atoms with E-state index in [-0.39, 0.29) is 17.6 Å². The summed E-state index contributed by atoms with van der Waals surface area (Å²) in [5, 5.41) is 21.3. The Morgan fingerprint density at radius 2 is 1.89 bits per heavy atom. The minimum atomic E-state index is -0.310. The van der Waals surface area contributed by atoms with Crippen LogP contribution < -0.4 is 20.9 Å². The molecule has 2 aliphatic rings. The van der Waals surface area contributed by atoms with Crippen LogP contribution in [0.4, 0.5) is 27.2 Å². The topological polar surface area (TPSA) is 112 Å². The van der Waals surface area contributed by atoms with Crippen LogP contribution in [0.3, 0.4) is 0 Å². The number of thiazole rings is 1. The molecule has 0 radical (unpaired) electrons. The van der Waals surface area contributed by atoms with Crippen LogP contribution in [0.15, 0.2) is 30.3 Å². The van der Waals surface area contributed by atoms with Crippen LogP contribution in [0.5, 0.6) is 0 Å². The van der Waals surface area contributed by atoms with Crippen molar-refractivity contribution in [2.75, 3.05) is 28.7 Å². The van der Waals surface area contributed by atoms with E-state index in [9.17, 15) is 9.90 Å². The number of cyclic esters (lactones) is 1. The summed E-state index contributed by atoms with van der Waals surface area (Å²) in [6.45, 7) is 10.6. The third kappa shape index (κ3) is 6.36. The van der Waals surface area contributed by atoms with Crippen molar-refractivity contribution >= 4 is 50.1 Å². The largest absolute Gasteiger partial charge is 0.447 e. The fourth-order valence-electron chi connectivity index (χ4n) is 4.71. The number of hydrogen-bond donors (Lipinski definition) is 4. The van der Waals surface area contributed by atoms with E-state index in [4.69, 9.17) is 14.7 Å². The van der Waals surface area contributed by atoms with Gasteiger partial charge in [-0.15, -0.1) is 0 Å². The zero-order chi connectivity index (χ0) is 26.9. The van der Waals surface area contributed by atoms with Gasteiger partial charge in [-0.05, 0) is 73.9 Å². The van der Waals surface area contributed by atoms with Crippen LogP contribution in [0.2, 0.25) is 0 Å². The molecule has 2 aromatic heterocycles. The van der Waals surface area contributed by atoms with Crippen LogP contribution in [0.25, 0.3) is 10.2 Å². The highest BCUT2D eigenvalue weighted by molar-refractivity contribution is 7.22. The van der Waals surface area contributed by atoms with Crippen molar-refractivity contribution < 1.29 is 14.6 Å². The molecule has 204 valence electrons. The molecule has 1 atom stereocenters. The summed E-state index contributed by atoms with van der Waals surface area (Å²) in [6, 6.07) is 10.6. The number of aliphatic hydroxyl groups excluding tert-OH is 1. The van der Waals surface area contributed by atoms with E-state index < -0.39 is 0 Å². The summed E-state index contributed by atoms with van der Waals surface area (Å²) in [5.74, 6) is 1.56. The molecular formula is C28H38N6O3S. The van der Waals surface area contributed by atoms with Gasteiger partial charge < -0.3 is 25.8 Å². The standard InChI is InChI=1S/C28H38N6O3S/c1-17(28(2,3)4)29-16-18-13-24(30-19-5-8-21(35)9-6-19)32-25(14-18)33-26-31-22-10-7-20(15-23(22)38-26)34-11-12-37-27(34)36/h7,10,13-15,17,19,21,29,35H,5-6,8-9,11-12,16H2,1-4H3,(H2,30,31,32,33). The van der Waals surface area contributed by atoms with E-state index in [2.05, 4.69) is 55.8 Å². The van der Waals surface area contributed by atoms with Crippen molar-refractivity contribution in [3.05, 3.63) is 35.9 Å². The minimum Gasteiger partial charge on any atom is -0.447 e. The van der Waals surface area contributed by atoms with Crippen LogP contribution in [0, 0.1) is 5.41 Å². The summed E-state index contributed by atoms with van der Waals surface area (Å²) < 4.78 is 6.07. The third-order valence-corrected chi connectivity index (χ3v) is 8.46. The molecule has 1 unspecified atom stereocenters. The predicted molar refractivity (Wildman–Crippen MR) is 153 cm³/mol. The molecule has 3 aromatic rings. The Balaban J connectivity index is 1.36. The maximum atomic E-state index is 12.0. The Hall–Kier alpha value is -2.95. The first-order chi connectivity index (χ1) is 18.1. The molecule has 1 saturated carbocycles. The molecule has 1 saturated heterocycles. The maximum Gasteiger partial charge on any atom is 0.414 e. The number of aromatic nitrogens is 2. The summed E-state index contributed by atoms with van der Waals surface area (Å²) >= 11 is 1.53. The lowest BCUT2D eigenvalue weighted by molar-refractivity contribution is 0.126. The fourth-order valence-corrected chi connectivity index (χ4v) is 5.61. The lowest BCUT2D eigenvalue weighted by Crippen LogP contribution is -2.37. The van der Waals surface area contributed by atoms with Crippen LogP contribution in [-0.4, -0.2) is 52.5 Å². The van der Waals surface area contributed by atoms with E-state index in [1.165, 1.54) is 11.3 Å². The molecule has 10 heteroatoms. The van der Waals surface area contributed by atoms with Gasteiger partial charge in [0.05, 0.1) is 22.9 Å². The number of hydrogen-bond acceptors (Lipinski definition) is 9. The highest BCUT2D eigenvalue weighted by Gasteiger charge is 2.24. The number of nitrogens with zero attached hydrogens (tertiary/aromatic N) is 3. The Bertz CT molecular complexity index is 1280. The van der Waals surface area contributed by atoms with Crippen molar-refractivity contribution in [3.8, 4) is 0 Å². The molecule has 9 nitrogen and oxygen atoms in total. The van der Waals surface area contributed by atoms with Gasteiger partial charge in [0.1, 0.15) is 18.2 Å². The average molecular weight is 539 g/mol. The number of fused-ring (bicyclic) bond motifs is 1. The van der Waals surface area contributed by atoms with Gasteiger partial charge in [-0.25, -0.2) is 14.8 Å². The van der Waals surface area contributed by atoms with E-state index in [1.54, 1.807) is 4.90 Å². The summed E-state index contributed by atoms with van der Waals surface area (Å²) in [5.41, 5.74) is 2.97. The number of anilines is 4. The number of pyridine rings is 1. The van der Waals surface area contributed by atoms with Crippen LogP contribution in [0.1, 0.15) is 58.9 Å². The molecule has 1 aromatic carbocycles. The van der Waals surface area contributed by atoms with Crippen molar-refractivity contribution in [2.24, 2.45) is 5.41 Å². The summed E-state index contributed by atoms with van der Waals surface area (Å²) in [4.78, 5) is 23.2. The second-order valence-electron chi connectivity index (χ2n) is 11.4. The van der Waals surface area contributed by atoms with Gasteiger partial charge in [-0.3, -0.25) is 4.90 Å². The predicted octanol–water partition coefficient (Wildman–Crippen LogP) is 5.63. The zero-order valence-electron chi connectivity index (χ0n) is 22.6. The van der Waals surface area contributed by atoms with E-state index in [0.717, 1.165) is 70.5 Å². The van der Waals surface area contributed by atoms with Crippen LogP contribution >= 0.6 is 11.3 Å². The monoisotopic (exact) mass is 538 g/mol. The molecular weight excluding hydrogens is 500 g/mol. The van der Waals surface area contributed by atoms with E-state index in [1.807, 2.05) is 18.2 Å². The molecule has 1 aliphatic heterocycles. The molecule has 38 heavy (non-hydrogen) atoms. The molecule has 2 fully saturated rings. The van der Waals surface area contributed by atoms with E-state index >= 15 is 0 Å². The van der Waals surface area contributed by atoms with Gasteiger partial charge in [0.15, 0.2) is 5.13 Å². The lowest BCUT2D eigenvalue weighted by Gasteiger charge is -2.29. The van der Waals surface area contributed by atoms with Crippen molar-refractivity contribution in [1.82, 2.24) is 15.3 Å². The Labute approximate surface area is 228 Å². The molecule has 4 N–H and O–H groups in total. The summed E-state index contributed by atoms with van der Waals surface area (Å²) in [6.07, 6.45) is 2.99. The first kappa shape index (κ1) is 26.6. The van der Waals surface area contributed by atoms with E-state index in [0.29, 0.717) is 25.2 Å². The highest BCUT2D eigenvalue weighted by atomic mass is 32.1. The fraction of sp³-hybridized carbons (Fsp3) is 0.536.